The molecule has 0 aliphatic carbocycles. The van der Waals surface area contributed by atoms with E-state index in [2.05, 4.69) is 15.2 Å². The van der Waals surface area contributed by atoms with Crippen LogP contribution in [0.1, 0.15) is 5.69 Å². The van der Waals surface area contributed by atoms with Gasteiger partial charge in [-0.3, -0.25) is 14.9 Å². The van der Waals surface area contributed by atoms with Crippen LogP contribution in [0.15, 0.2) is 63.6 Å². The number of rotatable bonds is 3. The van der Waals surface area contributed by atoms with Gasteiger partial charge in [0, 0.05) is 23.2 Å². The maximum absolute atomic E-state index is 12.5. The Morgan fingerprint density at radius 3 is 2.52 bits per heavy atom. The zero-order valence-electron chi connectivity index (χ0n) is 12.2. The number of non-ortho nitro benzene ring substituents is 1. The van der Waals surface area contributed by atoms with Crippen molar-refractivity contribution in [2.45, 2.75) is 6.92 Å². The topological polar surface area (TPSA) is 101 Å². The number of pyridine rings is 1. The zero-order chi connectivity index (χ0) is 16.4. The monoisotopic (exact) mass is 308 g/mol. The fourth-order valence-corrected chi connectivity index (χ4v) is 2.23. The summed E-state index contributed by atoms with van der Waals surface area (Å²) in [7, 11) is 0. The van der Waals surface area contributed by atoms with E-state index in [0.29, 0.717) is 22.3 Å². The molecule has 0 saturated carbocycles. The fraction of sp³-hybridized carbons (Fsp3) is 0.0625. The third-order valence-electron chi connectivity index (χ3n) is 3.37. The summed E-state index contributed by atoms with van der Waals surface area (Å²) >= 11 is 0. The molecule has 7 heteroatoms. The van der Waals surface area contributed by atoms with E-state index < -0.39 is 4.92 Å². The number of hydrogen-bond donors (Lipinski definition) is 1. The summed E-state index contributed by atoms with van der Waals surface area (Å²) in [6, 6.07) is 13.1. The second-order valence-electron chi connectivity index (χ2n) is 4.95. The average molecular weight is 308 g/mol. The molecule has 0 radical (unpaired) electrons. The predicted octanol–water partition coefficient (Wildman–Crippen LogP) is 4.16. The van der Waals surface area contributed by atoms with Gasteiger partial charge in [0.2, 0.25) is 5.43 Å². The molecule has 1 N–H and O–H groups in total. The largest absolute Gasteiger partial charge is 0.356 e. The minimum atomic E-state index is -0.504. The van der Waals surface area contributed by atoms with Crippen LogP contribution in [0, 0.1) is 17.0 Å². The number of fused-ring (bicyclic) bond motifs is 1. The number of aromatic amines is 1. The van der Waals surface area contributed by atoms with Crippen molar-refractivity contribution in [3.05, 3.63) is 74.6 Å². The van der Waals surface area contributed by atoms with Gasteiger partial charge in [0.05, 0.1) is 16.1 Å². The minimum absolute atomic E-state index is 0.0776. The molecular weight excluding hydrogens is 296 g/mol. The van der Waals surface area contributed by atoms with E-state index in [1.54, 1.807) is 19.1 Å². The van der Waals surface area contributed by atoms with Crippen LogP contribution in [0.3, 0.4) is 0 Å². The van der Waals surface area contributed by atoms with Crippen molar-refractivity contribution in [3.8, 4) is 0 Å². The number of nitrogens with zero attached hydrogens (tertiary/aromatic N) is 3. The van der Waals surface area contributed by atoms with E-state index in [9.17, 15) is 14.9 Å². The van der Waals surface area contributed by atoms with Crippen molar-refractivity contribution >= 4 is 28.0 Å². The first-order chi connectivity index (χ1) is 11.1. The maximum Gasteiger partial charge on any atom is 0.271 e. The highest BCUT2D eigenvalue weighted by Crippen LogP contribution is 2.23. The van der Waals surface area contributed by atoms with Gasteiger partial charge in [-0.1, -0.05) is 18.2 Å². The molecule has 1 heterocycles. The summed E-state index contributed by atoms with van der Waals surface area (Å²) < 4.78 is 0. The fourth-order valence-electron chi connectivity index (χ4n) is 2.23. The Bertz CT molecular complexity index is 978. The summed E-state index contributed by atoms with van der Waals surface area (Å²) in [5, 5.41) is 19.2. The number of benzene rings is 2. The Morgan fingerprint density at radius 1 is 1.09 bits per heavy atom. The zero-order valence-corrected chi connectivity index (χ0v) is 12.2. The van der Waals surface area contributed by atoms with E-state index in [0.717, 1.165) is 0 Å². The van der Waals surface area contributed by atoms with Crippen molar-refractivity contribution in [2.75, 3.05) is 0 Å². The van der Waals surface area contributed by atoms with E-state index in [-0.39, 0.29) is 16.8 Å². The van der Waals surface area contributed by atoms with Gasteiger partial charge >= 0.3 is 0 Å². The number of hydrogen-bond acceptors (Lipinski definition) is 5. The number of nitrogens with one attached hydrogen (secondary N) is 1. The van der Waals surface area contributed by atoms with E-state index in [1.165, 1.54) is 18.2 Å². The molecule has 0 bridgehead atoms. The molecule has 1 aromatic heterocycles. The van der Waals surface area contributed by atoms with Crippen LogP contribution in [0.2, 0.25) is 0 Å². The van der Waals surface area contributed by atoms with E-state index >= 15 is 0 Å². The summed E-state index contributed by atoms with van der Waals surface area (Å²) in [6.45, 7) is 1.68. The van der Waals surface area contributed by atoms with Gasteiger partial charge in [0.1, 0.15) is 0 Å². The van der Waals surface area contributed by atoms with Gasteiger partial charge in [0.25, 0.3) is 5.69 Å². The van der Waals surface area contributed by atoms with Crippen molar-refractivity contribution < 1.29 is 4.92 Å². The second kappa shape index (κ2) is 5.80. The number of aromatic nitrogens is 1. The lowest BCUT2D eigenvalue weighted by molar-refractivity contribution is -0.384. The van der Waals surface area contributed by atoms with Gasteiger partial charge in [-0.05, 0) is 25.1 Å². The predicted molar refractivity (Wildman–Crippen MR) is 86.6 cm³/mol. The summed E-state index contributed by atoms with van der Waals surface area (Å²) in [4.78, 5) is 25.8. The smallest absolute Gasteiger partial charge is 0.271 e. The van der Waals surface area contributed by atoms with Crippen molar-refractivity contribution in [3.63, 3.8) is 0 Å². The third kappa shape index (κ3) is 2.84. The normalized spacial score (nSPS) is 11.2. The molecule has 0 amide bonds. The molecule has 3 rings (SSSR count). The lowest BCUT2D eigenvalue weighted by atomic mass is 10.1. The summed E-state index contributed by atoms with van der Waals surface area (Å²) in [5.74, 6) is 0. The first kappa shape index (κ1) is 14.6. The van der Waals surface area contributed by atoms with Crippen LogP contribution in [-0.2, 0) is 0 Å². The van der Waals surface area contributed by atoms with Crippen LogP contribution in [0.4, 0.5) is 17.1 Å². The van der Waals surface area contributed by atoms with Crippen molar-refractivity contribution in [2.24, 2.45) is 10.2 Å². The lowest BCUT2D eigenvalue weighted by Crippen LogP contribution is -2.05. The SMILES string of the molecule is Cc1[nH]c2cc([N+](=O)[O-])ccc2c(=O)c1N=Nc1ccccc1. The Labute approximate surface area is 130 Å². The minimum Gasteiger partial charge on any atom is -0.356 e. The molecule has 0 aliphatic rings. The Balaban J connectivity index is 2.12. The van der Waals surface area contributed by atoms with Crippen LogP contribution < -0.4 is 5.43 Å². The number of nitro groups is 1. The molecule has 0 unspecified atom stereocenters. The molecule has 7 nitrogen and oxygen atoms in total. The van der Waals surface area contributed by atoms with Crippen LogP contribution >= 0.6 is 0 Å². The number of azo groups is 1. The van der Waals surface area contributed by atoms with Crippen molar-refractivity contribution in [1.82, 2.24) is 4.98 Å². The Kier molecular flexibility index (Phi) is 3.68. The van der Waals surface area contributed by atoms with Crippen molar-refractivity contribution in [1.29, 1.82) is 0 Å². The Hall–Kier alpha value is -3.35. The second-order valence-corrected chi connectivity index (χ2v) is 4.95. The number of H-pyrrole nitrogens is 1. The van der Waals surface area contributed by atoms with Crippen LogP contribution in [0.25, 0.3) is 10.9 Å². The van der Waals surface area contributed by atoms with Gasteiger partial charge < -0.3 is 4.98 Å². The highest BCUT2D eigenvalue weighted by atomic mass is 16.6. The highest BCUT2D eigenvalue weighted by Gasteiger charge is 2.12. The molecule has 0 saturated heterocycles. The van der Waals surface area contributed by atoms with Gasteiger partial charge in [0.15, 0.2) is 5.69 Å². The molecule has 0 fully saturated rings. The van der Waals surface area contributed by atoms with Gasteiger partial charge in [-0.25, -0.2) is 0 Å². The van der Waals surface area contributed by atoms with Crippen LogP contribution in [0.5, 0.6) is 0 Å². The maximum atomic E-state index is 12.5. The molecule has 0 atom stereocenters. The summed E-state index contributed by atoms with van der Waals surface area (Å²) in [5.41, 5.74) is 1.34. The first-order valence-corrected chi connectivity index (χ1v) is 6.84. The third-order valence-corrected chi connectivity index (χ3v) is 3.37. The quantitative estimate of drug-likeness (QED) is 0.446. The van der Waals surface area contributed by atoms with E-state index in [4.69, 9.17) is 0 Å². The van der Waals surface area contributed by atoms with Crippen LogP contribution in [-0.4, -0.2) is 9.91 Å². The van der Waals surface area contributed by atoms with Gasteiger partial charge in [-0.2, -0.15) is 5.11 Å². The standard InChI is InChI=1S/C16H12N4O3/c1-10-15(19-18-11-5-3-2-4-6-11)16(21)13-8-7-12(20(22)23)9-14(13)17-10/h2-9H,1H3,(H,17,21). The lowest BCUT2D eigenvalue weighted by Gasteiger charge is -2.03. The average Bonchev–Trinajstić information content (AvgIpc) is 2.55. The molecule has 23 heavy (non-hydrogen) atoms. The van der Waals surface area contributed by atoms with E-state index in [1.807, 2.05) is 18.2 Å². The molecule has 114 valence electrons. The molecular formula is C16H12N4O3. The van der Waals surface area contributed by atoms with Gasteiger partial charge in [-0.15, -0.1) is 5.11 Å². The highest BCUT2D eigenvalue weighted by molar-refractivity contribution is 5.83. The number of aryl methyl sites for hydroxylation is 1. The molecule has 2 aromatic carbocycles. The molecule has 0 aliphatic heterocycles. The molecule has 0 spiro atoms. The first-order valence-electron chi connectivity index (χ1n) is 6.84. The molecule has 3 aromatic rings. The Morgan fingerprint density at radius 2 is 1.83 bits per heavy atom. The summed E-state index contributed by atoms with van der Waals surface area (Å²) in [6.07, 6.45) is 0. The number of nitro benzene ring substituents is 1.